The van der Waals surface area contributed by atoms with Crippen molar-refractivity contribution in [2.45, 2.75) is 72.7 Å². The van der Waals surface area contributed by atoms with Crippen LogP contribution in [0.4, 0.5) is 20.2 Å². The van der Waals surface area contributed by atoms with Gasteiger partial charge in [0.15, 0.2) is 0 Å². The Morgan fingerprint density at radius 1 is 0.882 bits per heavy atom. The predicted molar refractivity (Wildman–Crippen MR) is 141 cm³/mol. The molecule has 0 saturated carbocycles. The van der Waals surface area contributed by atoms with Gasteiger partial charge in [-0.2, -0.15) is 4.99 Å². The maximum absolute atomic E-state index is 13.5. The Morgan fingerprint density at radius 2 is 1.38 bits per heavy atom. The van der Waals surface area contributed by atoms with Gasteiger partial charge in [-0.3, -0.25) is 0 Å². The molecule has 34 heavy (non-hydrogen) atoms. The first-order valence-corrected chi connectivity index (χ1v) is 11.4. The maximum atomic E-state index is 13.5. The quantitative estimate of drug-likeness (QED) is 0.326. The standard InChI is InChI=1S/C14H20FNO2S.C11H12FNOS/c1-9(2)17-13(19)16-11-6-10(15)7-12(8-11)18-14(3,4)5;1-11(2,3)14-10-5-8(12)4-9(6-10)13-7-15/h6-9H,1-5H3,(H,16,19);4-6H,1-3H3. The Morgan fingerprint density at radius 3 is 1.85 bits per heavy atom. The molecule has 0 unspecified atom stereocenters. The molecule has 2 aromatic rings. The number of aliphatic imine (C=N–C) groups is 1. The van der Waals surface area contributed by atoms with Crippen LogP contribution < -0.4 is 14.8 Å². The molecule has 186 valence electrons. The number of halogens is 2. The van der Waals surface area contributed by atoms with E-state index in [1.807, 2.05) is 55.4 Å². The van der Waals surface area contributed by atoms with Gasteiger partial charge in [0.05, 0.1) is 17.0 Å². The molecule has 2 aromatic carbocycles. The lowest BCUT2D eigenvalue weighted by molar-refractivity contribution is 0.130. The minimum Gasteiger partial charge on any atom is -0.488 e. The van der Waals surface area contributed by atoms with Crippen molar-refractivity contribution in [1.82, 2.24) is 0 Å². The van der Waals surface area contributed by atoms with Crippen LogP contribution in [0, 0.1) is 11.6 Å². The van der Waals surface area contributed by atoms with Crippen LogP contribution in [-0.4, -0.2) is 27.6 Å². The summed E-state index contributed by atoms with van der Waals surface area (Å²) in [4.78, 5) is 3.70. The van der Waals surface area contributed by atoms with Crippen LogP contribution in [0.3, 0.4) is 0 Å². The minimum absolute atomic E-state index is 0.0288. The number of hydrogen-bond donors (Lipinski definition) is 1. The molecule has 0 aromatic heterocycles. The summed E-state index contributed by atoms with van der Waals surface area (Å²) < 4.78 is 43.1. The van der Waals surface area contributed by atoms with Crippen molar-refractivity contribution in [3.05, 3.63) is 48.0 Å². The van der Waals surface area contributed by atoms with Crippen molar-refractivity contribution in [1.29, 1.82) is 0 Å². The highest BCUT2D eigenvalue weighted by Crippen LogP contribution is 2.26. The number of rotatable bonds is 5. The third kappa shape index (κ3) is 13.2. The van der Waals surface area contributed by atoms with Crippen LogP contribution >= 0.6 is 24.4 Å². The first kappa shape index (κ1) is 29.4. The van der Waals surface area contributed by atoms with Crippen molar-refractivity contribution < 1.29 is 23.0 Å². The largest absolute Gasteiger partial charge is 0.488 e. The number of ether oxygens (including phenoxy) is 3. The van der Waals surface area contributed by atoms with Gasteiger partial charge in [0.25, 0.3) is 5.17 Å². The molecule has 0 spiro atoms. The summed E-state index contributed by atoms with van der Waals surface area (Å²) in [6.07, 6.45) is -0.0288. The van der Waals surface area contributed by atoms with E-state index in [0.29, 0.717) is 22.9 Å². The van der Waals surface area contributed by atoms with E-state index in [1.165, 1.54) is 24.3 Å². The van der Waals surface area contributed by atoms with E-state index in [9.17, 15) is 8.78 Å². The molecule has 9 heteroatoms. The number of thiocarbonyl (C=S) groups is 2. The summed E-state index contributed by atoms with van der Waals surface area (Å²) in [6, 6.07) is 8.56. The number of benzene rings is 2. The topological polar surface area (TPSA) is 52.1 Å². The molecule has 0 amide bonds. The molecule has 0 fully saturated rings. The Bertz CT molecular complexity index is 1030. The molecule has 0 bridgehead atoms. The van der Waals surface area contributed by atoms with Gasteiger partial charge in [-0.1, -0.05) is 0 Å². The Balaban J connectivity index is 0.000000350. The smallest absolute Gasteiger partial charge is 0.261 e. The van der Waals surface area contributed by atoms with Gasteiger partial charge in [-0.15, -0.1) is 0 Å². The normalized spacial score (nSPS) is 11.0. The summed E-state index contributed by atoms with van der Waals surface area (Å²) in [5, 5.41) is 5.23. The second-order valence-corrected chi connectivity index (χ2v) is 10.1. The zero-order valence-electron chi connectivity index (χ0n) is 20.8. The predicted octanol–water partition coefficient (Wildman–Crippen LogP) is 7.86. The number of isothiocyanates is 1. The molecule has 2 rings (SSSR count). The Kier molecular flexibility index (Phi) is 11.0. The Labute approximate surface area is 211 Å². The summed E-state index contributed by atoms with van der Waals surface area (Å²) >= 11 is 9.46. The van der Waals surface area contributed by atoms with Crippen molar-refractivity contribution in [2.75, 3.05) is 5.32 Å². The third-order valence-electron chi connectivity index (χ3n) is 3.34. The van der Waals surface area contributed by atoms with Crippen LogP contribution in [0.1, 0.15) is 55.4 Å². The monoisotopic (exact) mass is 510 g/mol. The third-order valence-corrected chi connectivity index (χ3v) is 3.63. The average Bonchev–Trinajstić information content (AvgIpc) is 2.57. The first-order chi connectivity index (χ1) is 15.6. The van der Waals surface area contributed by atoms with Crippen molar-refractivity contribution in [3.63, 3.8) is 0 Å². The van der Waals surface area contributed by atoms with E-state index in [2.05, 4.69) is 27.7 Å². The number of nitrogens with zero attached hydrogens (tertiary/aromatic N) is 1. The van der Waals surface area contributed by atoms with Crippen molar-refractivity contribution >= 4 is 46.1 Å². The van der Waals surface area contributed by atoms with E-state index in [1.54, 1.807) is 12.1 Å². The SMILES string of the molecule is CC(C)(C)Oc1cc(F)cc(N=C=S)c1.CC(C)OC(=S)Nc1cc(F)cc(OC(C)(C)C)c1. The van der Waals surface area contributed by atoms with Crippen LogP contribution in [0.2, 0.25) is 0 Å². The summed E-state index contributed by atoms with van der Waals surface area (Å²) in [5.41, 5.74) is 0.154. The van der Waals surface area contributed by atoms with E-state index in [0.717, 1.165) is 0 Å². The number of nitrogens with one attached hydrogen (secondary N) is 1. The number of anilines is 1. The highest BCUT2D eigenvalue weighted by atomic mass is 32.1. The van der Waals surface area contributed by atoms with Gasteiger partial charge in [0.1, 0.15) is 34.3 Å². The van der Waals surface area contributed by atoms with Gasteiger partial charge in [-0.05, 0) is 85.9 Å². The molecule has 0 aliphatic heterocycles. The molecule has 0 atom stereocenters. The van der Waals surface area contributed by atoms with E-state index in [4.69, 9.17) is 26.4 Å². The molecule has 5 nitrogen and oxygen atoms in total. The van der Waals surface area contributed by atoms with Crippen LogP contribution in [0.15, 0.2) is 41.4 Å². The molecular weight excluding hydrogens is 478 g/mol. The molecule has 0 aliphatic rings. The highest BCUT2D eigenvalue weighted by molar-refractivity contribution is 7.80. The number of hydrogen-bond acceptors (Lipinski definition) is 6. The lowest BCUT2D eigenvalue weighted by Gasteiger charge is -2.22. The lowest BCUT2D eigenvalue weighted by atomic mass is 10.2. The van der Waals surface area contributed by atoms with Crippen LogP contribution in [0.5, 0.6) is 11.5 Å². The van der Waals surface area contributed by atoms with Gasteiger partial charge in [-0.25, -0.2) is 8.78 Å². The summed E-state index contributed by atoms with van der Waals surface area (Å²) in [6.45, 7) is 15.1. The van der Waals surface area contributed by atoms with E-state index >= 15 is 0 Å². The van der Waals surface area contributed by atoms with E-state index < -0.39 is 11.6 Å². The van der Waals surface area contributed by atoms with Crippen LogP contribution in [-0.2, 0) is 4.74 Å². The van der Waals surface area contributed by atoms with Crippen molar-refractivity contribution in [3.8, 4) is 11.5 Å². The fraction of sp³-hybridized carbons (Fsp3) is 0.440. The molecule has 0 saturated heterocycles. The maximum Gasteiger partial charge on any atom is 0.261 e. The fourth-order valence-corrected chi connectivity index (χ4v) is 2.90. The zero-order chi connectivity index (χ0) is 26.1. The molecule has 0 heterocycles. The van der Waals surface area contributed by atoms with E-state index in [-0.39, 0.29) is 22.5 Å². The van der Waals surface area contributed by atoms with Gasteiger partial charge in [0, 0.05) is 36.0 Å². The second kappa shape index (κ2) is 12.7. The first-order valence-electron chi connectivity index (χ1n) is 10.6. The van der Waals surface area contributed by atoms with Crippen LogP contribution in [0.25, 0.3) is 0 Å². The molecule has 0 aliphatic carbocycles. The molecule has 1 N–H and O–H groups in total. The van der Waals surface area contributed by atoms with Crippen molar-refractivity contribution in [2.24, 2.45) is 4.99 Å². The summed E-state index contributed by atoms with van der Waals surface area (Å²) in [5.74, 6) is 0.0891. The second-order valence-electron chi connectivity index (χ2n) is 9.53. The van der Waals surface area contributed by atoms with Gasteiger partial charge < -0.3 is 19.5 Å². The average molecular weight is 511 g/mol. The Hall–Kier alpha value is -2.61. The molecule has 0 radical (unpaired) electrons. The molecular formula is C25H32F2N2O3S2. The van der Waals surface area contributed by atoms with Gasteiger partial charge in [0.2, 0.25) is 0 Å². The highest BCUT2D eigenvalue weighted by Gasteiger charge is 2.14. The minimum atomic E-state index is -0.402. The zero-order valence-corrected chi connectivity index (χ0v) is 22.4. The lowest BCUT2D eigenvalue weighted by Crippen LogP contribution is -2.23. The fourth-order valence-electron chi connectivity index (χ4n) is 2.49. The van der Waals surface area contributed by atoms with Gasteiger partial charge >= 0.3 is 0 Å². The summed E-state index contributed by atoms with van der Waals surface area (Å²) in [7, 11) is 0.